The number of fused-ring (bicyclic) bond motifs is 6. The zero-order chi connectivity index (χ0) is 68.1. The number of carbonyl (C=O) groups is 3. The van der Waals surface area contributed by atoms with Gasteiger partial charge in [0.05, 0.1) is 74.5 Å². The molecule has 2 atom stereocenters. The molecule has 16 rings (SSSR count). The molecule has 510 valence electrons. The molecule has 0 radical (unpaired) electrons. The summed E-state index contributed by atoms with van der Waals surface area (Å²) in [6.07, 6.45) is 15.0. The van der Waals surface area contributed by atoms with Gasteiger partial charge < -0.3 is 53.3 Å². The highest BCUT2D eigenvalue weighted by atomic mass is 16.5. The van der Waals surface area contributed by atoms with Crippen LogP contribution in [0.25, 0.3) is 22.3 Å². The average molecular weight is 1330 g/mol. The highest BCUT2D eigenvalue weighted by Gasteiger charge is 2.41. The second kappa shape index (κ2) is 25.5. The molecule has 0 unspecified atom stereocenters. The average Bonchev–Trinajstić information content (AvgIpc) is 1.58. The minimum Gasteiger partial charge on any atom is -0.392 e. The van der Waals surface area contributed by atoms with Crippen LogP contribution in [0, 0.1) is 10.8 Å². The lowest BCUT2D eigenvalue weighted by Gasteiger charge is -2.46. The number of nitrogens with one attached hydrogen (secondary N) is 2. The molecular formula is C74H86N16O8. The molecule has 8 aromatic rings. The molecular weight excluding hydrogens is 1240 g/mol. The van der Waals surface area contributed by atoms with Crippen molar-refractivity contribution < 1.29 is 29.0 Å². The number of aldehydes is 1. The van der Waals surface area contributed by atoms with Gasteiger partial charge >= 0.3 is 0 Å². The van der Waals surface area contributed by atoms with Crippen molar-refractivity contribution in [2.45, 2.75) is 111 Å². The maximum atomic E-state index is 13.9. The molecule has 14 heterocycles. The monoisotopic (exact) mass is 1330 g/mol. The molecule has 2 aliphatic carbocycles. The van der Waals surface area contributed by atoms with E-state index in [2.05, 4.69) is 101 Å². The third-order valence-electron chi connectivity index (χ3n) is 21.3. The van der Waals surface area contributed by atoms with Gasteiger partial charge in [0.2, 0.25) is 0 Å². The molecule has 0 saturated carbocycles. The second-order valence-corrected chi connectivity index (χ2v) is 29.4. The van der Waals surface area contributed by atoms with E-state index in [1.807, 2.05) is 54.9 Å². The number of ether oxygens (including phenoxy) is 2. The van der Waals surface area contributed by atoms with Crippen LogP contribution < -0.4 is 41.4 Å². The number of nitrogens with zero attached hydrogens (tertiary/aromatic N) is 14. The summed E-state index contributed by atoms with van der Waals surface area (Å²) in [6.45, 7) is 24.5. The van der Waals surface area contributed by atoms with Crippen molar-refractivity contribution in [2.24, 2.45) is 24.9 Å². The Kier molecular flexibility index (Phi) is 16.8. The van der Waals surface area contributed by atoms with Crippen LogP contribution in [-0.4, -0.2) is 174 Å². The maximum absolute atomic E-state index is 13.9. The number of aliphatic hydroxyl groups excluding tert-OH is 1. The number of aliphatic hydroxyl groups is 1. The van der Waals surface area contributed by atoms with E-state index in [4.69, 9.17) is 9.47 Å². The van der Waals surface area contributed by atoms with Gasteiger partial charge in [-0.15, -0.1) is 0 Å². The van der Waals surface area contributed by atoms with Gasteiger partial charge in [0.25, 0.3) is 22.9 Å². The number of pyridine rings is 6. The van der Waals surface area contributed by atoms with Crippen LogP contribution in [0.5, 0.6) is 0 Å². The van der Waals surface area contributed by atoms with E-state index in [0.29, 0.717) is 130 Å². The van der Waals surface area contributed by atoms with Gasteiger partial charge in [0.15, 0.2) is 6.29 Å². The van der Waals surface area contributed by atoms with Gasteiger partial charge in [-0.3, -0.25) is 43.6 Å². The lowest BCUT2D eigenvalue weighted by atomic mass is 9.90. The van der Waals surface area contributed by atoms with Crippen molar-refractivity contribution in [2.75, 3.05) is 109 Å². The molecule has 4 saturated heterocycles. The number of piperazine rings is 2. The molecule has 0 spiro atoms. The first-order valence-corrected chi connectivity index (χ1v) is 34.3. The van der Waals surface area contributed by atoms with Crippen LogP contribution in [0.4, 0.5) is 46.0 Å². The summed E-state index contributed by atoms with van der Waals surface area (Å²) in [5, 5.41) is 17.1. The molecule has 24 heteroatoms. The number of aromatic nitrogens is 8. The molecule has 2 amide bonds. The molecule has 6 aliphatic heterocycles. The fraction of sp³-hybridized carbons (Fsp3) is 0.446. The van der Waals surface area contributed by atoms with Crippen LogP contribution in [0.2, 0.25) is 0 Å². The summed E-state index contributed by atoms with van der Waals surface area (Å²) in [6, 6.07) is 20.7. The van der Waals surface area contributed by atoms with E-state index in [1.165, 1.54) is 31.6 Å². The van der Waals surface area contributed by atoms with Gasteiger partial charge in [-0.2, -0.15) is 0 Å². The normalized spacial score (nSPS) is 20.6. The fourth-order valence-corrected chi connectivity index (χ4v) is 16.1. The van der Waals surface area contributed by atoms with Crippen LogP contribution in [0.1, 0.15) is 101 Å². The minimum absolute atomic E-state index is 0.112. The maximum Gasteiger partial charge on any atom is 0.276 e. The minimum atomic E-state index is -0.316. The molecule has 0 aromatic carbocycles. The van der Waals surface area contributed by atoms with E-state index < -0.39 is 0 Å². The number of hydrogen-bond acceptors (Lipinski definition) is 18. The Morgan fingerprint density at radius 1 is 0.561 bits per heavy atom. The molecule has 8 aromatic heterocycles. The van der Waals surface area contributed by atoms with Crippen molar-refractivity contribution in [1.82, 2.24) is 48.0 Å². The van der Waals surface area contributed by atoms with Crippen molar-refractivity contribution in [3.8, 4) is 22.3 Å². The van der Waals surface area contributed by atoms with Crippen LogP contribution in [0.15, 0.2) is 107 Å². The zero-order valence-electron chi connectivity index (χ0n) is 57.1. The van der Waals surface area contributed by atoms with E-state index >= 15 is 0 Å². The van der Waals surface area contributed by atoms with Crippen molar-refractivity contribution in [1.29, 1.82) is 0 Å². The number of rotatable bonds is 14. The Morgan fingerprint density at radius 2 is 1.02 bits per heavy atom. The third kappa shape index (κ3) is 12.0. The quantitative estimate of drug-likeness (QED) is 0.0895. The third-order valence-corrected chi connectivity index (χ3v) is 21.3. The first-order valence-electron chi connectivity index (χ1n) is 34.3. The van der Waals surface area contributed by atoms with Gasteiger partial charge in [0.1, 0.15) is 46.0 Å². The number of carbonyl (C=O) groups excluding carboxylic acids is 3. The summed E-state index contributed by atoms with van der Waals surface area (Å²) >= 11 is 0. The van der Waals surface area contributed by atoms with Crippen LogP contribution >= 0.6 is 0 Å². The Labute approximate surface area is 569 Å². The lowest BCUT2D eigenvalue weighted by Crippen LogP contribution is -2.59. The fourth-order valence-electron chi connectivity index (χ4n) is 16.1. The van der Waals surface area contributed by atoms with E-state index in [0.717, 1.165) is 109 Å². The van der Waals surface area contributed by atoms with Crippen LogP contribution in [0.3, 0.4) is 0 Å². The highest BCUT2D eigenvalue weighted by Crippen LogP contribution is 2.43. The topological polar surface area (TPSA) is 239 Å². The lowest BCUT2D eigenvalue weighted by molar-refractivity contribution is -0.0691. The largest absolute Gasteiger partial charge is 0.392 e. The molecule has 0 bridgehead atoms. The highest BCUT2D eigenvalue weighted by molar-refractivity contribution is 6.09. The standard InChI is InChI=1S/C37H44N8O4.C37H42N8O4/c2*1-23-18-42(27-21-49-22-27)9-10-43(23)26-5-6-33(39-17-26)40-30-13-25(19-41(4)35(30)47)28-7-8-38-34(29(28)20-46)45-12-11-44-31(36(45)48)14-24-15-37(2,3)16-32(24)44/h5-8,13-14,17,19,23,27,46H,9-12,15-16,18,20-22H2,1-4H3,(H,39,40);5-8,13-14,17,19-20,23,27H,9-12,15-16,18,21-22H2,1-4H3,(H,39,40)/t2*23-/m00/s1. The van der Waals surface area contributed by atoms with E-state index in [1.54, 1.807) is 66.9 Å². The smallest absolute Gasteiger partial charge is 0.276 e. The first-order chi connectivity index (χ1) is 47.2. The second-order valence-electron chi connectivity index (χ2n) is 29.4. The predicted octanol–water partition coefficient (Wildman–Crippen LogP) is 7.47. The zero-order valence-corrected chi connectivity index (χ0v) is 57.1. The molecule has 8 aliphatic rings. The van der Waals surface area contributed by atoms with E-state index in [-0.39, 0.29) is 40.4 Å². The Morgan fingerprint density at radius 3 is 1.45 bits per heavy atom. The SMILES string of the molecule is C[C@H]1CN(C2COC2)CCN1c1ccc(Nc2cc(-c3ccnc(N4CCn5c(cc6c5CC(C)(C)C6)C4=O)c3C=O)cn(C)c2=O)nc1.C[C@H]1CN(C2COC2)CCN1c1ccc(Nc2cc(-c3ccnc(N4CCn5c(cc6c5CC(C)(C)C6)C4=O)c3CO)cn(C)c2=O)nc1. The Hall–Kier alpha value is -9.33. The number of aryl methyl sites for hydroxylation is 2. The first kappa shape index (κ1) is 64.7. The van der Waals surface area contributed by atoms with Crippen molar-refractivity contribution >= 4 is 64.1 Å². The van der Waals surface area contributed by atoms with Gasteiger partial charge in [0, 0.05) is 144 Å². The molecule has 98 heavy (non-hydrogen) atoms. The van der Waals surface area contributed by atoms with Crippen LogP contribution in [-0.2, 0) is 68.9 Å². The number of amides is 2. The summed E-state index contributed by atoms with van der Waals surface area (Å²) in [4.78, 5) is 98.5. The van der Waals surface area contributed by atoms with Crippen molar-refractivity contribution in [3.05, 3.63) is 164 Å². The summed E-state index contributed by atoms with van der Waals surface area (Å²) in [7, 11) is 3.38. The number of hydrogen-bond donors (Lipinski definition) is 3. The van der Waals surface area contributed by atoms with Gasteiger partial charge in [-0.25, -0.2) is 19.9 Å². The Balaban J connectivity index is 0.000000160. The van der Waals surface area contributed by atoms with E-state index in [9.17, 15) is 29.1 Å². The Bertz CT molecular complexity index is 4560. The van der Waals surface area contributed by atoms with Gasteiger partial charge in [-0.1, -0.05) is 27.7 Å². The summed E-state index contributed by atoms with van der Waals surface area (Å²) < 4.78 is 18.1. The number of anilines is 8. The van der Waals surface area contributed by atoms with Gasteiger partial charge in [-0.05, 0) is 133 Å². The summed E-state index contributed by atoms with van der Waals surface area (Å²) in [5.41, 5.74) is 12.5. The molecule has 24 nitrogen and oxygen atoms in total. The predicted molar refractivity (Wildman–Crippen MR) is 377 cm³/mol. The molecule has 4 fully saturated rings. The summed E-state index contributed by atoms with van der Waals surface area (Å²) in [5.74, 6) is 1.59. The molecule has 3 N–H and O–H groups in total. The van der Waals surface area contributed by atoms with Crippen molar-refractivity contribution in [3.63, 3.8) is 0 Å².